The van der Waals surface area contributed by atoms with Crippen LogP contribution in [0.4, 0.5) is 5.82 Å². The molecule has 36 heavy (non-hydrogen) atoms. The topological polar surface area (TPSA) is 81.3 Å². The van der Waals surface area contributed by atoms with Crippen LogP contribution in [-0.2, 0) is 15.1 Å². The second kappa shape index (κ2) is 9.36. The molecule has 6 heteroatoms. The summed E-state index contributed by atoms with van der Waals surface area (Å²) in [7, 11) is 0. The Balaban J connectivity index is 1.43. The van der Waals surface area contributed by atoms with Gasteiger partial charge in [-0.05, 0) is 42.5 Å². The fourth-order valence-corrected chi connectivity index (χ4v) is 5.48. The van der Waals surface area contributed by atoms with Crippen LogP contribution in [0.15, 0.2) is 72.9 Å². The van der Waals surface area contributed by atoms with Gasteiger partial charge in [-0.2, -0.15) is 0 Å². The van der Waals surface area contributed by atoms with Gasteiger partial charge >= 0.3 is 0 Å². The Kier molecular flexibility index (Phi) is 5.89. The molecule has 182 valence electrons. The molecule has 3 heterocycles. The Morgan fingerprint density at radius 3 is 2.39 bits per heavy atom. The van der Waals surface area contributed by atoms with Crippen LogP contribution in [0.2, 0.25) is 0 Å². The van der Waals surface area contributed by atoms with Crippen LogP contribution in [0.25, 0.3) is 33.3 Å². The third kappa shape index (κ3) is 4.11. The molecule has 2 aromatic heterocycles. The fourth-order valence-electron chi connectivity index (χ4n) is 5.48. The predicted octanol–water partition coefficient (Wildman–Crippen LogP) is 5.44. The molecule has 1 saturated heterocycles. The maximum absolute atomic E-state index is 10.7. The van der Waals surface area contributed by atoms with E-state index in [1.54, 1.807) is 0 Å². The lowest BCUT2D eigenvalue weighted by Gasteiger charge is -2.38. The summed E-state index contributed by atoms with van der Waals surface area (Å²) in [4.78, 5) is 23.0. The number of rotatable bonds is 6. The van der Waals surface area contributed by atoms with Crippen molar-refractivity contribution in [1.82, 2.24) is 9.97 Å². The molecule has 1 aliphatic carbocycles. The highest BCUT2D eigenvalue weighted by atomic mass is 16.5. The van der Waals surface area contributed by atoms with E-state index in [1.807, 2.05) is 18.3 Å². The molecular weight excluding hydrogens is 448 g/mol. The molecule has 0 spiro atoms. The van der Waals surface area contributed by atoms with Gasteiger partial charge in [0, 0.05) is 54.2 Å². The highest BCUT2D eigenvalue weighted by Gasteiger charge is 2.34. The van der Waals surface area contributed by atoms with Crippen molar-refractivity contribution in [1.29, 1.82) is 0 Å². The zero-order valence-corrected chi connectivity index (χ0v) is 20.3. The van der Waals surface area contributed by atoms with Crippen molar-refractivity contribution in [2.45, 2.75) is 43.7 Å². The van der Waals surface area contributed by atoms with Crippen LogP contribution in [0.5, 0.6) is 0 Å². The molecule has 2 N–H and O–H groups in total. The number of ether oxygens (including phenoxy) is 1. The number of carbonyl (C=O) groups excluding carboxylic acids is 1. The number of fused-ring (bicyclic) bond motifs is 1. The van der Waals surface area contributed by atoms with E-state index < -0.39 is 0 Å². The predicted molar refractivity (Wildman–Crippen MR) is 143 cm³/mol. The maximum atomic E-state index is 10.7. The normalized spacial score (nSPS) is 17.5. The van der Waals surface area contributed by atoms with E-state index in [1.165, 1.54) is 12.0 Å². The molecular formula is C30H30N4O2. The first-order chi connectivity index (χ1) is 17.6. The smallest absolute Gasteiger partial charge is 0.293 e. The van der Waals surface area contributed by atoms with Crippen molar-refractivity contribution >= 4 is 23.2 Å². The lowest BCUT2D eigenvalue weighted by Crippen LogP contribution is -2.43. The first kappa shape index (κ1) is 22.7. The maximum Gasteiger partial charge on any atom is 0.293 e. The van der Waals surface area contributed by atoms with Gasteiger partial charge in [0.1, 0.15) is 11.9 Å². The monoisotopic (exact) mass is 478 g/mol. The number of hydrogen-bond donors (Lipinski definition) is 1. The van der Waals surface area contributed by atoms with Crippen molar-refractivity contribution in [3.63, 3.8) is 0 Å². The number of aromatic nitrogens is 2. The number of nitrogens with two attached hydrogens (primary N) is 1. The molecule has 1 aliphatic heterocycles. The zero-order chi connectivity index (χ0) is 24.5. The van der Waals surface area contributed by atoms with E-state index in [9.17, 15) is 4.79 Å². The van der Waals surface area contributed by atoms with Gasteiger partial charge in [0.05, 0.1) is 11.2 Å². The van der Waals surface area contributed by atoms with E-state index >= 15 is 0 Å². The van der Waals surface area contributed by atoms with Crippen LogP contribution in [0, 0.1) is 0 Å². The molecule has 2 aromatic carbocycles. The van der Waals surface area contributed by atoms with Crippen LogP contribution < -0.4 is 10.6 Å². The molecule has 0 amide bonds. The number of piperidine rings is 1. The van der Waals surface area contributed by atoms with Gasteiger partial charge in [-0.15, -0.1) is 0 Å². The Morgan fingerprint density at radius 2 is 1.72 bits per heavy atom. The van der Waals surface area contributed by atoms with Gasteiger partial charge in [0.15, 0.2) is 0 Å². The first-order valence-corrected chi connectivity index (χ1v) is 12.7. The molecule has 0 atom stereocenters. The number of hydrogen-bond acceptors (Lipinski definition) is 6. The van der Waals surface area contributed by atoms with Gasteiger partial charge in [0.2, 0.25) is 0 Å². The van der Waals surface area contributed by atoms with Crippen LogP contribution in [-0.4, -0.2) is 35.6 Å². The molecule has 2 fully saturated rings. The third-order valence-electron chi connectivity index (χ3n) is 7.78. The van der Waals surface area contributed by atoms with Gasteiger partial charge < -0.3 is 15.4 Å². The van der Waals surface area contributed by atoms with Gasteiger partial charge in [-0.25, -0.2) is 9.97 Å². The van der Waals surface area contributed by atoms with Crippen molar-refractivity contribution in [3.8, 4) is 22.4 Å². The van der Waals surface area contributed by atoms with Crippen LogP contribution in [0.3, 0.4) is 0 Å². The number of pyridine rings is 2. The minimum absolute atomic E-state index is 0.0195. The quantitative estimate of drug-likeness (QED) is 0.372. The van der Waals surface area contributed by atoms with Gasteiger partial charge in [0.25, 0.3) is 6.47 Å². The Morgan fingerprint density at radius 1 is 0.972 bits per heavy atom. The van der Waals surface area contributed by atoms with Crippen molar-refractivity contribution < 1.29 is 9.53 Å². The number of carbonyl (C=O) groups is 1. The fraction of sp³-hybridized carbons (Fsp3) is 0.300. The molecule has 0 radical (unpaired) electrons. The second-order valence-corrected chi connectivity index (χ2v) is 9.96. The summed E-state index contributed by atoms with van der Waals surface area (Å²) in [6.45, 7) is 2.13. The van der Waals surface area contributed by atoms with Gasteiger partial charge in [-0.1, -0.05) is 54.6 Å². The Bertz CT molecular complexity index is 1380. The highest BCUT2D eigenvalue weighted by Crippen LogP contribution is 2.40. The average Bonchev–Trinajstić information content (AvgIpc) is 2.92. The summed E-state index contributed by atoms with van der Waals surface area (Å²) in [5.41, 5.74) is 12.7. The van der Waals surface area contributed by atoms with Crippen molar-refractivity contribution in [3.05, 3.63) is 78.5 Å². The Hall–Kier alpha value is -3.77. The van der Waals surface area contributed by atoms with Gasteiger partial charge in [-0.3, -0.25) is 4.79 Å². The highest BCUT2D eigenvalue weighted by molar-refractivity contribution is 5.97. The largest absolute Gasteiger partial charge is 0.464 e. The molecule has 0 bridgehead atoms. The van der Waals surface area contributed by atoms with Crippen molar-refractivity contribution in [2.75, 3.05) is 18.0 Å². The molecule has 6 nitrogen and oxygen atoms in total. The van der Waals surface area contributed by atoms with E-state index in [0.717, 1.165) is 77.9 Å². The van der Waals surface area contributed by atoms with E-state index in [4.69, 9.17) is 20.4 Å². The average molecular weight is 479 g/mol. The van der Waals surface area contributed by atoms with E-state index in [0.29, 0.717) is 6.47 Å². The number of nitrogens with zero attached hydrogens (tertiary/aromatic N) is 3. The third-order valence-corrected chi connectivity index (χ3v) is 7.78. The minimum atomic E-state index is -0.178. The van der Waals surface area contributed by atoms with E-state index in [-0.39, 0.29) is 11.6 Å². The first-order valence-electron chi connectivity index (χ1n) is 12.7. The molecule has 4 aromatic rings. The summed E-state index contributed by atoms with van der Waals surface area (Å²) >= 11 is 0. The lowest BCUT2D eigenvalue weighted by atomic mass is 9.72. The molecule has 1 saturated carbocycles. The van der Waals surface area contributed by atoms with Crippen LogP contribution >= 0.6 is 0 Å². The molecule has 2 aliphatic rings. The lowest BCUT2D eigenvalue weighted by molar-refractivity contribution is -0.134. The number of benzene rings is 2. The van der Waals surface area contributed by atoms with Crippen LogP contribution in [0.1, 0.15) is 37.7 Å². The summed E-state index contributed by atoms with van der Waals surface area (Å²) in [6, 6.07) is 23.3. The minimum Gasteiger partial charge on any atom is -0.464 e. The SMILES string of the molecule is NC1(c2ccc(-c3nc4ccnc(N5CCC(OC=O)CC5)c4cc3-c3ccccc3)cc2)CCC1. The summed E-state index contributed by atoms with van der Waals surface area (Å²) in [5.74, 6) is 0.929. The summed E-state index contributed by atoms with van der Waals surface area (Å²) in [5, 5.41) is 1.03. The molecule has 6 rings (SSSR count). The van der Waals surface area contributed by atoms with E-state index in [2.05, 4.69) is 59.5 Å². The second-order valence-electron chi connectivity index (χ2n) is 9.96. The van der Waals surface area contributed by atoms with Crippen molar-refractivity contribution in [2.24, 2.45) is 5.73 Å². The molecule has 0 unspecified atom stereocenters. The standard InChI is InChI=1S/C30H30N4O2/c31-30(14-4-15-30)23-9-7-22(8-10-23)28-25(21-5-2-1-3-6-21)19-26-27(33-28)11-16-32-29(26)34-17-12-24(13-18-34)36-20-35/h1-3,5-11,16,19-20,24H,4,12-15,17-18,31H2. The summed E-state index contributed by atoms with van der Waals surface area (Å²) < 4.78 is 5.19. The number of anilines is 1. The Labute approximate surface area is 211 Å². The summed E-state index contributed by atoms with van der Waals surface area (Å²) in [6.07, 6.45) is 6.69. The zero-order valence-electron chi connectivity index (χ0n) is 20.3.